The van der Waals surface area contributed by atoms with Gasteiger partial charge in [0.1, 0.15) is 18.0 Å². The molecule has 0 radical (unpaired) electrons. The molecule has 15 heavy (non-hydrogen) atoms. The molecule has 0 unspecified atom stereocenters. The summed E-state index contributed by atoms with van der Waals surface area (Å²) in [6.45, 7) is 2.09. The van der Waals surface area contributed by atoms with Crippen molar-refractivity contribution in [2.75, 3.05) is 37.4 Å². The van der Waals surface area contributed by atoms with E-state index in [1.165, 1.54) is 6.42 Å². The van der Waals surface area contributed by atoms with Crippen LogP contribution in [-0.2, 0) is 0 Å². The summed E-state index contributed by atoms with van der Waals surface area (Å²) in [5, 5.41) is 6.31. The van der Waals surface area contributed by atoms with Crippen molar-refractivity contribution < 1.29 is 0 Å². The second-order valence-electron chi connectivity index (χ2n) is 3.73. The van der Waals surface area contributed by atoms with Crippen LogP contribution in [0.5, 0.6) is 0 Å². The van der Waals surface area contributed by atoms with Crippen LogP contribution in [0.1, 0.15) is 6.42 Å². The van der Waals surface area contributed by atoms with E-state index in [9.17, 15) is 0 Å². The van der Waals surface area contributed by atoms with Crippen LogP contribution in [-0.4, -0.2) is 43.2 Å². The molecular weight excluding hydrogens is 190 g/mol. The van der Waals surface area contributed by atoms with Gasteiger partial charge in [-0.15, -0.1) is 0 Å². The van der Waals surface area contributed by atoms with Crippen LogP contribution >= 0.6 is 0 Å². The molecule has 1 atom stereocenters. The van der Waals surface area contributed by atoms with Crippen LogP contribution < -0.4 is 15.5 Å². The molecule has 2 heterocycles. The van der Waals surface area contributed by atoms with E-state index in [1.807, 2.05) is 20.2 Å². The van der Waals surface area contributed by atoms with Gasteiger partial charge in [0.2, 0.25) is 0 Å². The molecule has 0 saturated carbocycles. The molecule has 1 aliphatic rings. The van der Waals surface area contributed by atoms with Crippen LogP contribution in [0.15, 0.2) is 12.4 Å². The van der Waals surface area contributed by atoms with Crippen LogP contribution in [0, 0.1) is 0 Å². The van der Waals surface area contributed by atoms with Crippen LogP contribution in [0.3, 0.4) is 0 Å². The summed E-state index contributed by atoms with van der Waals surface area (Å²) in [6, 6.07) is 2.57. The van der Waals surface area contributed by atoms with E-state index in [4.69, 9.17) is 0 Å². The Balaban J connectivity index is 2.09. The minimum Gasteiger partial charge on any atom is -0.373 e. The number of hydrogen-bond acceptors (Lipinski definition) is 5. The highest BCUT2D eigenvalue weighted by molar-refractivity contribution is 5.48. The lowest BCUT2D eigenvalue weighted by Crippen LogP contribution is -2.29. The summed E-state index contributed by atoms with van der Waals surface area (Å²) < 4.78 is 0. The number of nitrogens with one attached hydrogen (secondary N) is 2. The molecule has 1 fully saturated rings. The third-order valence-corrected chi connectivity index (χ3v) is 2.83. The molecule has 2 N–H and O–H groups in total. The number of rotatable bonds is 3. The molecule has 0 aromatic carbocycles. The minimum absolute atomic E-state index is 0.581. The maximum atomic E-state index is 4.29. The third kappa shape index (κ3) is 2.18. The molecule has 1 aromatic rings. The largest absolute Gasteiger partial charge is 0.373 e. The summed E-state index contributed by atoms with van der Waals surface area (Å²) in [5.41, 5.74) is 0. The molecule has 5 nitrogen and oxygen atoms in total. The van der Waals surface area contributed by atoms with Gasteiger partial charge in [0.05, 0.1) is 0 Å². The monoisotopic (exact) mass is 207 g/mol. The first-order chi connectivity index (χ1) is 7.33. The van der Waals surface area contributed by atoms with Crippen LogP contribution in [0.4, 0.5) is 11.6 Å². The number of nitrogens with zero attached hydrogens (tertiary/aromatic N) is 3. The first-order valence-corrected chi connectivity index (χ1v) is 5.25. The summed E-state index contributed by atoms with van der Waals surface area (Å²) in [6.07, 6.45) is 2.78. The Bertz CT molecular complexity index is 327. The van der Waals surface area contributed by atoms with Gasteiger partial charge in [-0.1, -0.05) is 0 Å². The Labute approximate surface area is 89.9 Å². The van der Waals surface area contributed by atoms with E-state index in [1.54, 1.807) is 6.33 Å². The second-order valence-corrected chi connectivity index (χ2v) is 3.73. The van der Waals surface area contributed by atoms with Gasteiger partial charge >= 0.3 is 0 Å². The summed E-state index contributed by atoms with van der Waals surface area (Å²) in [5.74, 6) is 1.88. The molecule has 5 heteroatoms. The lowest BCUT2D eigenvalue weighted by molar-refractivity contribution is 0.616. The van der Waals surface area contributed by atoms with Crippen molar-refractivity contribution in [2.45, 2.75) is 12.5 Å². The van der Waals surface area contributed by atoms with Crippen molar-refractivity contribution in [3.8, 4) is 0 Å². The van der Waals surface area contributed by atoms with Crippen molar-refractivity contribution in [1.82, 2.24) is 15.3 Å². The van der Waals surface area contributed by atoms with Gasteiger partial charge in [0, 0.05) is 32.2 Å². The van der Waals surface area contributed by atoms with E-state index in [-0.39, 0.29) is 0 Å². The maximum Gasteiger partial charge on any atom is 0.134 e. The van der Waals surface area contributed by atoms with Gasteiger partial charge in [0.15, 0.2) is 0 Å². The number of anilines is 2. The van der Waals surface area contributed by atoms with Gasteiger partial charge in [-0.05, 0) is 13.5 Å². The van der Waals surface area contributed by atoms with Crippen LogP contribution in [0.2, 0.25) is 0 Å². The Hall–Kier alpha value is -1.36. The topological polar surface area (TPSA) is 53.1 Å². The average Bonchev–Trinajstić information content (AvgIpc) is 2.78. The van der Waals surface area contributed by atoms with Crippen molar-refractivity contribution in [1.29, 1.82) is 0 Å². The van der Waals surface area contributed by atoms with Crippen molar-refractivity contribution in [3.05, 3.63) is 12.4 Å². The fourth-order valence-electron chi connectivity index (χ4n) is 1.86. The lowest BCUT2D eigenvalue weighted by atomic mass is 10.3. The zero-order valence-electron chi connectivity index (χ0n) is 9.20. The molecule has 0 amide bonds. The fourth-order valence-corrected chi connectivity index (χ4v) is 1.86. The van der Waals surface area contributed by atoms with Gasteiger partial charge in [-0.2, -0.15) is 0 Å². The Morgan fingerprint density at radius 3 is 2.93 bits per heavy atom. The molecule has 1 aromatic heterocycles. The quantitative estimate of drug-likeness (QED) is 0.747. The number of hydrogen-bond donors (Lipinski definition) is 2. The molecule has 1 aliphatic heterocycles. The molecule has 2 rings (SSSR count). The molecule has 0 aliphatic carbocycles. The third-order valence-electron chi connectivity index (χ3n) is 2.83. The zero-order chi connectivity index (χ0) is 10.7. The SMILES string of the molecule is CNc1cc(N2CC[C@@H](NC)C2)ncn1. The molecule has 0 spiro atoms. The zero-order valence-corrected chi connectivity index (χ0v) is 9.20. The average molecular weight is 207 g/mol. The number of likely N-dealkylation sites (N-methyl/N-ethyl adjacent to an activating group) is 1. The van der Waals surface area contributed by atoms with E-state index in [0.29, 0.717) is 6.04 Å². The van der Waals surface area contributed by atoms with E-state index in [2.05, 4.69) is 25.5 Å². The van der Waals surface area contributed by atoms with E-state index < -0.39 is 0 Å². The Morgan fingerprint density at radius 1 is 1.40 bits per heavy atom. The molecule has 1 saturated heterocycles. The Kier molecular flexibility index (Phi) is 3.01. The van der Waals surface area contributed by atoms with Crippen molar-refractivity contribution in [3.63, 3.8) is 0 Å². The van der Waals surface area contributed by atoms with Crippen LogP contribution in [0.25, 0.3) is 0 Å². The van der Waals surface area contributed by atoms with Crippen molar-refractivity contribution in [2.24, 2.45) is 0 Å². The molecule has 82 valence electrons. The number of aromatic nitrogens is 2. The minimum atomic E-state index is 0.581. The van der Waals surface area contributed by atoms with Gasteiger partial charge < -0.3 is 15.5 Å². The smallest absolute Gasteiger partial charge is 0.134 e. The first-order valence-electron chi connectivity index (χ1n) is 5.25. The fraction of sp³-hybridized carbons (Fsp3) is 0.600. The second kappa shape index (κ2) is 4.44. The highest BCUT2D eigenvalue weighted by atomic mass is 15.2. The van der Waals surface area contributed by atoms with Crippen molar-refractivity contribution >= 4 is 11.6 Å². The maximum absolute atomic E-state index is 4.29. The highest BCUT2D eigenvalue weighted by Gasteiger charge is 2.21. The van der Waals surface area contributed by atoms with E-state index >= 15 is 0 Å². The first kappa shape index (κ1) is 10.2. The Morgan fingerprint density at radius 2 is 2.27 bits per heavy atom. The normalized spacial score (nSPS) is 20.7. The van der Waals surface area contributed by atoms with E-state index in [0.717, 1.165) is 24.7 Å². The predicted molar refractivity (Wildman–Crippen MR) is 61.3 cm³/mol. The molecule has 0 bridgehead atoms. The summed E-state index contributed by atoms with van der Waals surface area (Å²) in [7, 11) is 3.87. The van der Waals surface area contributed by atoms with Gasteiger partial charge in [-0.3, -0.25) is 0 Å². The summed E-state index contributed by atoms with van der Waals surface area (Å²) in [4.78, 5) is 10.7. The predicted octanol–water partition coefficient (Wildman–Crippen LogP) is 0.316. The van der Waals surface area contributed by atoms with Gasteiger partial charge in [0.25, 0.3) is 0 Å². The molecular formula is C10H17N5. The highest BCUT2D eigenvalue weighted by Crippen LogP contribution is 2.19. The summed E-state index contributed by atoms with van der Waals surface area (Å²) >= 11 is 0. The lowest BCUT2D eigenvalue weighted by Gasteiger charge is -2.17. The van der Waals surface area contributed by atoms with Gasteiger partial charge in [-0.25, -0.2) is 9.97 Å². The standard InChI is InChI=1S/C10H17N5/c1-11-8-3-4-15(6-8)10-5-9(12-2)13-7-14-10/h5,7-8,11H,3-4,6H2,1-2H3,(H,12,13,14)/t8-/m1/s1.